The predicted molar refractivity (Wildman–Crippen MR) is 91.0 cm³/mol. The summed E-state index contributed by atoms with van der Waals surface area (Å²) in [5, 5.41) is 7.66. The lowest BCUT2D eigenvalue weighted by molar-refractivity contribution is 0.0737. The highest BCUT2D eigenvalue weighted by molar-refractivity contribution is 5.94. The number of likely N-dealkylation sites (N-methyl/N-ethyl adjacent to an activating group) is 1. The molecule has 1 amide bonds. The van der Waals surface area contributed by atoms with Crippen molar-refractivity contribution in [3.63, 3.8) is 0 Å². The molecule has 0 spiro atoms. The van der Waals surface area contributed by atoms with Gasteiger partial charge in [0.05, 0.1) is 11.4 Å². The normalized spacial score (nSPS) is 17.7. The molecule has 1 atom stereocenters. The molecule has 1 aromatic heterocycles. The highest BCUT2D eigenvalue weighted by atomic mass is 16.2. The fraction of sp³-hybridized carbons (Fsp3) is 0.444. The summed E-state index contributed by atoms with van der Waals surface area (Å²) < 4.78 is 1.91. The van der Waals surface area contributed by atoms with E-state index in [1.165, 1.54) is 0 Å². The number of nitrogens with one attached hydrogen (secondary N) is 1. The van der Waals surface area contributed by atoms with Crippen molar-refractivity contribution < 1.29 is 4.79 Å². The van der Waals surface area contributed by atoms with Gasteiger partial charge in [0, 0.05) is 30.4 Å². The lowest BCUT2D eigenvalue weighted by Gasteiger charge is -2.24. The van der Waals surface area contributed by atoms with E-state index < -0.39 is 0 Å². The van der Waals surface area contributed by atoms with Crippen LogP contribution in [0.5, 0.6) is 0 Å². The zero-order chi connectivity index (χ0) is 16.4. The molecule has 0 radical (unpaired) electrons. The molecule has 2 aromatic rings. The summed E-state index contributed by atoms with van der Waals surface area (Å²) in [6.45, 7) is 5.72. The van der Waals surface area contributed by atoms with Crippen LogP contribution < -0.4 is 5.32 Å². The topological polar surface area (TPSA) is 50.2 Å². The Balaban J connectivity index is 1.79. The van der Waals surface area contributed by atoms with Gasteiger partial charge >= 0.3 is 0 Å². The Morgan fingerprint density at radius 1 is 1.30 bits per heavy atom. The van der Waals surface area contributed by atoms with Crippen molar-refractivity contribution in [2.24, 2.45) is 0 Å². The maximum atomic E-state index is 12.7. The van der Waals surface area contributed by atoms with Gasteiger partial charge in [0.2, 0.25) is 0 Å². The number of aromatic nitrogens is 2. The number of rotatable bonds is 4. The van der Waals surface area contributed by atoms with Crippen LogP contribution in [0.25, 0.3) is 5.69 Å². The molecular formula is C18H24N4O. The summed E-state index contributed by atoms with van der Waals surface area (Å²) in [7, 11) is 1.93. The van der Waals surface area contributed by atoms with Gasteiger partial charge in [0.1, 0.15) is 0 Å². The van der Waals surface area contributed by atoms with Crippen LogP contribution >= 0.6 is 0 Å². The van der Waals surface area contributed by atoms with E-state index >= 15 is 0 Å². The molecule has 122 valence electrons. The number of carbonyl (C=O) groups is 1. The molecule has 1 aliphatic heterocycles. The first-order chi connectivity index (χ1) is 11.1. The summed E-state index contributed by atoms with van der Waals surface area (Å²) in [6, 6.07) is 10.1. The third-order valence-electron chi connectivity index (χ3n) is 4.45. The summed E-state index contributed by atoms with van der Waals surface area (Å²) in [4.78, 5) is 14.7. The van der Waals surface area contributed by atoms with Gasteiger partial charge in [-0.05, 0) is 64.1 Å². The second-order valence-corrected chi connectivity index (χ2v) is 6.24. The molecule has 23 heavy (non-hydrogen) atoms. The van der Waals surface area contributed by atoms with Crippen LogP contribution in [0.1, 0.15) is 34.6 Å². The Labute approximate surface area is 137 Å². The average molecular weight is 312 g/mol. The minimum atomic E-state index is 0.127. The first-order valence-corrected chi connectivity index (χ1v) is 8.19. The van der Waals surface area contributed by atoms with Crippen LogP contribution in [-0.2, 0) is 0 Å². The lowest BCUT2D eigenvalue weighted by Crippen LogP contribution is -2.40. The van der Waals surface area contributed by atoms with Gasteiger partial charge in [-0.1, -0.05) is 0 Å². The summed E-state index contributed by atoms with van der Waals surface area (Å²) >= 11 is 0. The zero-order valence-corrected chi connectivity index (χ0v) is 14.0. The monoisotopic (exact) mass is 312 g/mol. The number of aryl methyl sites for hydroxylation is 2. The molecule has 1 saturated heterocycles. The SMILES string of the molecule is CNCC1CCCN1C(=O)c1ccc(-n2nc(C)cc2C)cc1. The highest BCUT2D eigenvalue weighted by Gasteiger charge is 2.28. The number of benzene rings is 1. The maximum Gasteiger partial charge on any atom is 0.254 e. The van der Waals surface area contributed by atoms with E-state index in [4.69, 9.17) is 0 Å². The molecule has 5 nitrogen and oxygen atoms in total. The molecule has 5 heteroatoms. The quantitative estimate of drug-likeness (QED) is 0.942. The Kier molecular flexibility index (Phi) is 4.48. The lowest BCUT2D eigenvalue weighted by atomic mass is 10.1. The fourth-order valence-corrected chi connectivity index (χ4v) is 3.35. The van der Waals surface area contributed by atoms with Crippen LogP contribution in [0, 0.1) is 13.8 Å². The van der Waals surface area contributed by atoms with E-state index in [1.54, 1.807) is 0 Å². The van der Waals surface area contributed by atoms with Gasteiger partial charge in [0.15, 0.2) is 0 Å². The highest BCUT2D eigenvalue weighted by Crippen LogP contribution is 2.21. The molecule has 1 fully saturated rings. The summed E-state index contributed by atoms with van der Waals surface area (Å²) in [5.74, 6) is 0.127. The second kappa shape index (κ2) is 6.54. The van der Waals surface area contributed by atoms with Gasteiger partial charge in [-0.3, -0.25) is 4.79 Å². The second-order valence-electron chi connectivity index (χ2n) is 6.24. The van der Waals surface area contributed by atoms with E-state index in [0.717, 1.165) is 48.6 Å². The van der Waals surface area contributed by atoms with Crippen molar-refractivity contribution in [1.82, 2.24) is 20.0 Å². The summed E-state index contributed by atoms with van der Waals surface area (Å²) in [5.41, 5.74) is 3.82. The number of amides is 1. The smallest absolute Gasteiger partial charge is 0.254 e. The van der Waals surface area contributed by atoms with Crippen LogP contribution in [-0.4, -0.2) is 46.8 Å². The molecular weight excluding hydrogens is 288 g/mol. The van der Waals surface area contributed by atoms with Crippen LogP contribution in [0.2, 0.25) is 0 Å². The van der Waals surface area contributed by atoms with Gasteiger partial charge in [-0.2, -0.15) is 5.10 Å². The Morgan fingerprint density at radius 3 is 2.65 bits per heavy atom. The van der Waals surface area contributed by atoms with Crippen molar-refractivity contribution >= 4 is 5.91 Å². The van der Waals surface area contributed by atoms with Crippen molar-refractivity contribution in [3.8, 4) is 5.69 Å². The van der Waals surface area contributed by atoms with Gasteiger partial charge in [-0.15, -0.1) is 0 Å². The molecule has 1 unspecified atom stereocenters. The van der Waals surface area contributed by atoms with Gasteiger partial charge in [0.25, 0.3) is 5.91 Å². The molecule has 0 aliphatic carbocycles. The van der Waals surface area contributed by atoms with Crippen molar-refractivity contribution in [3.05, 3.63) is 47.3 Å². The van der Waals surface area contributed by atoms with E-state index in [-0.39, 0.29) is 5.91 Å². The Hall–Kier alpha value is -2.14. The Morgan fingerprint density at radius 2 is 2.04 bits per heavy atom. The number of likely N-dealkylation sites (tertiary alicyclic amines) is 1. The number of carbonyl (C=O) groups excluding carboxylic acids is 1. The van der Waals surface area contributed by atoms with Crippen molar-refractivity contribution in [2.45, 2.75) is 32.7 Å². The van der Waals surface area contributed by atoms with E-state index in [2.05, 4.69) is 10.4 Å². The van der Waals surface area contributed by atoms with E-state index in [1.807, 2.05) is 60.8 Å². The molecule has 0 bridgehead atoms. The first-order valence-electron chi connectivity index (χ1n) is 8.19. The van der Waals surface area contributed by atoms with Gasteiger partial charge < -0.3 is 10.2 Å². The molecule has 0 saturated carbocycles. The number of hydrogen-bond donors (Lipinski definition) is 1. The van der Waals surface area contributed by atoms with Crippen LogP contribution in [0.4, 0.5) is 0 Å². The third-order valence-corrected chi connectivity index (χ3v) is 4.45. The van der Waals surface area contributed by atoms with Crippen molar-refractivity contribution in [2.75, 3.05) is 20.1 Å². The van der Waals surface area contributed by atoms with E-state index in [0.29, 0.717) is 6.04 Å². The van der Waals surface area contributed by atoms with Crippen molar-refractivity contribution in [1.29, 1.82) is 0 Å². The minimum absolute atomic E-state index is 0.127. The molecule has 1 aliphatic rings. The first kappa shape index (κ1) is 15.7. The number of hydrogen-bond acceptors (Lipinski definition) is 3. The minimum Gasteiger partial charge on any atom is -0.334 e. The molecule has 1 N–H and O–H groups in total. The average Bonchev–Trinajstić information content (AvgIpc) is 3.13. The molecule has 1 aromatic carbocycles. The maximum absolute atomic E-state index is 12.7. The largest absolute Gasteiger partial charge is 0.334 e. The fourth-order valence-electron chi connectivity index (χ4n) is 3.35. The zero-order valence-electron chi connectivity index (χ0n) is 14.0. The van der Waals surface area contributed by atoms with Crippen LogP contribution in [0.3, 0.4) is 0 Å². The summed E-state index contributed by atoms with van der Waals surface area (Å²) in [6.07, 6.45) is 2.17. The standard InChI is InChI=1S/C18H24N4O/c1-13-11-14(2)22(20-13)16-8-6-15(7-9-16)18(23)21-10-4-5-17(21)12-19-3/h6-9,11,17,19H,4-5,10,12H2,1-3H3. The van der Waals surface area contributed by atoms with E-state index in [9.17, 15) is 4.79 Å². The molecule has 3 rings (SSSR count). The number of nitrogens with zero attached hydrogens (tertiary/aromatic N) is 3. The third kappa shape index (κ3) is 3.15. The predicted octanol–water partition coefficient (Wildman–Crippen LogP) is 2.31. The van der Waals surface area contributed by atoms with Crippen LogP contribution in [0.15, 0.2) is 30.3 Å². The Bertz CT molecular complexity index is 690. The molecule has 2 heterocycles. The van der Waals surface area contributed by atoms with Gasteiger partial charge in [-0.25, -0.2) is 4.68 Å².